The summed E-state index contributed by atoms with van der Waals surface area (Å²) in [5.74, 6) is -0.829. The first-order valence-corrected chi connectivity index (χ1v) is 9.45. The number of benzene rings is 2. The minimum atomic E-state index is -0.671. The van der Waals surface area contributed by atoms with Crippen molar-refractivity contribution in [1.29, 1.82) is 5.26 Å². The summed E-state index contributed by atoms with van der Waals surface area (Å²) >= 11 is 1.35. The largest absolute Gasteiger partial charge is 0.493 e. The molecule has 0 N–H and O–H groups in total. The molecule has 6 nitrogen and oxygen atoms in total. The SMILES string of the molecule is CCOc1ccccc1C(=O)OCC(=O)C(C#N)=C1Sc2ccccc2N1C. The third-order valence-electron chi connectivity index (χ3n) is 4.08. The number of ether oxygens (including phenoxy) is 2. The number of anilines is 1. The standard InChI is InChI=1S/C21H18N2O4S/c1-3-26-18-10-6-4-8-14(18)21(25)27-13-17(24)15(12-22)20-23(2)16-9-5-7-11-19(16)28-20/h4-11H,3,13H2,1-2H3. The first-order chi connectivity index (χ1) is 13.6. The maximum Gasteiger partial charge on any atom is 0.342 e. The number of ketones is 1. The van der Waals surface area contributed by atoms with Crippen LogP contribution in [0, 0.1) is 11.3 Å². The van der Waals surface area contributed by atoms with Crippen LogP contribution in [0.15, 0.2) is 64.0 Å². The van der Waals surface area contributed by atoms with E-state index < -0.39 is 18.4 Å². The molecule has 0 fully saturated rings. The van der Waals surface area contributed by atoms with Crippen LogP contribution in [0.2, 0.25) is 0 Å². The van der Waals surface area contributed by atoms with E-state index in [-0.39, 0.29) is 11.1 Å². The lowest BCUT2D eigenvalue weighted by molar-refractivity contribution is -0.118. The molecule has 2 aromatic carbocycles. The number of para-hydroxylation sites is 2. The maximum atomic E-state index is 12.6. The lowest BCUT2D eigenvalue weighted by Gasteiger charge is -2.15. The van der Waals surface area contributed by atoms with E-state index in [1.807, 2.05) is 37.3 Å². The predicted molar refractivity (Wildman–Crippen MR) is 106 cm³/mol. The number of carbonyl (C=O) groups excluding carboxylic acids is 2. The molecule has 7 heteroatoms. The topological polar surface area (TPSA) is 79.6 Å². The molecule has 2 aromatic rings. The minimum absolute atomic E-state index is 0.0328. The maximum absolute atomic E-state index is 12.6. The van der Waals surface area contributed by atoms with Gasteiger partial charge in [-0.05, 0) is 31.2 Å². The van der Waals surface area contributed by atoms with Gasteiger partial charge >= 0.3 is 5.97 Å². The van der Waals surface area contributed by atoms with Gasteiger partial charge in [0.25, 0.3) is 0 Å². The fourth-order valence-corrected chi connectivity index (χ4v) is 3.91. The van der Waals surface area contributed by atoms with E-state index in [0.29, 0.717) is 17.4 Å². The third-order valence-corrected chi connectivity index (χ3v) is 5.32. The number of Topliss-reactive ketones (excluding diaryl/α,β-unsaturated/α-hetero) is 1. The van der Waals surface area contributed by atoms with E-state index in [2.05, 4.69) is 0 Å². The van der Waals surface area contributed by atoms with Crippen molar-refractivity contribution in [3.05, 3.63) is 64.7 Å². The number of rotatable bonds is 6. The predicted octanol–water partition coefficient (Wildman–Crippen LogP) is 3.79. The zero-order valence-electron chi connectivity index (χ0n) is 15.5. The van der Waals surface area contributed by atoms with Gasteiger partial charge in [-0.25, -0.2) is 4.79 Å². The molecule has 0 bridgehead atoms. The van der Waals surface area contributed by atoms with Gasteiger partial charge in [0.1, 0.15) is 28.0 Å². The lowest BCUT2D eigenvalue weighted by atomic mass is 10.2. The average molecular weight is 394 g/mol. The van der Waals surface area contributed by atoms with Crippen molar-refractivity contribution >= 4 is 29.2 Å². The number of hydrogen-bond donors (Lipinski definition) is 0. The van der Waals surface area contributed by atoms with Crippen LogP contribution < -0.4 is 9.64 Å². The Hall–Kier alpha value is -3.24. The molecule has 0 radical (unpaired) electrons. The molecule has 0 aliphatic carbocycles. The highest BCUT2D eigenvalue weighted by Crippen LogP contribution is 2.46. The van der Waals surface area contributed by atoms with Crippen LogP contribution in [0.3, 0.4) is 0 Å². The van der Waals surface area contributed by atoms with Crippen LogP contribution >= 0.6 is 11.8 Å². The molecule has 1 aliphatic rings. The molecule has 3 rings (SSSR count). The van der Waals surface area contributed by atoms with Gasteiger partial charge in [-0.3, -0.25) is 4.79 Å². The lowest BCUT2D eigenvalue weighted by Crippen LogP contribution is -2.20. The van der Waals surface area contributed by atoms with E-state index in [9.17, 15) is 14.9 Å². The normalized spacial score (nSPS) is 14.1. The number of carbonyl (C=O) groups is 2. The zero-order valence-corrected chi connectivity index (χ0v) is 16.3. The minimum Gasteiger partial charge on any atom is -0.493 e. The second-order valence-corrected chi connectivity index (χ2v) is 6.88. The van der Waals surface area contributed by atoms with Crippen molar-refractivity contribution in [1.82, 2.24) is 0 Å². The summed E-state index contributed by atoms with van der Waals surface area (Å²) in [6.07, 6.45) is 0. The number of thioether (sulfide) groups is 1. The van der Waals surface area contributed by atoms with Crippen LogP contribution in [0.1, 0.15) is 17.3 Å². The first-order valence-electron chi connectivity index (χ1n) is 8.64. The van der Waals surface area contributed by atoms with Crippen molar-refractivity contribution in [3.8, 4) is 11.8 Å². The van der Waals surface area contributed by atoms with Gasteiger partial charge in [-0.2, -0.15) is 5.26 Å². The zero-order chi connectivity index (χ0) is 20.1. The van der Waals surface area contributed by atoms with Crippen molar-refractivity contribution in [2.45, 2.75) is 11.8 Å². The summed E-state index contributed by atoms with van der Waals surface area (Å²) in [6, 6.07) is 16.2. The van der Waals surface area contributed by atoms with E-state index in [1.54, 1.807) is 36.2 Å². The number of fused-ring (bicyclic) bond motifs is 1. The Kier molecular flexibility index (Phi) is 6.02. The summed E-state index contributed by atoms with van der Waals surface area (Å²) < 4.78 is 10.6. The fraction of sp³-hybridized carbons (Fsp3) is 0.190. The molecule has 28 heavy (non-hydrogen) atoms. The van der Waals surface area contributed by atoms with Crippen molar-refractivity contribution in [2.75, 3.05) is 25.2 Å². The van der Waals surface area contributed by atoms with Crippen LogP contribution in [-0.4, -0.2) is 32.0 Å². The van der Waals surface area contributed by atoms with Gasteiger partial charge in [-0.15, -0.1) is 0 Å². The Balaban J connectivity index is 1.74. The number of esters is 1. The highest BCUT2D eigenvalue weighted by molar-refractivity contribution is 8.03. The Morgan fingerprint density at radius 3 is 2.57 bits per heavy atom. The number of nitriles is 1. The quantitative estimate of drug-likeness (QED) is 0.419. The van der Waals surface area contributed by atoms with Gasteiger partial charge in [0.05, 0.1) is 12.3 Å². The highest BCUT2D eigenvalue weighted by atomic mass is 32.2. The molecule has 0 saturated carbocycles. The summed E-state index contributed by atoms with van der Waals surface area (Å²) in [7, 11) is 1.79. The van der Waals surface area contributed by atoms with Gasteiger partial charge in [0, 0.05) is 11.9 Å². The van der Waals surface area contributed by atoms with Crippen LogP contribution in [-0.2, 0) is 9.53 Å². The Morgan fingerprint density at radius 2 is 1.86 bits per heavy atom. The summed E-state index contributed by atoms with van der Waals surface area (Å²) in [5, 5.41) is 10.0. The fourth-order valence-electron chi connectivity index (χ4n) is 2.75. The van der Waals surface area contributed by atoms with E-state index in [4.69, 9.17) is 9.47 Å². The molecule has 0 aromatic heterocycles. The number of nitrogens with zero attached hydrogens (tertiary/aromatic N) is 2. The van der Waals surface area contributed by atoms with Crippen molar-refractivity contribution in [2.24, 2.45) is 0 Å². The summed E-state index contributed by atoms with van der Waals surface area (Å²) in [6.45, 7) is 1.69. The molecule has 0 spiro atoms. The van der Waals surface area contributed by atoms with E-state index >= 15 is 0 Å². The average Bonchev–Trinajstić information content (AvgIpc) is 3.04. The molecule has 0 amide bonds. The molecule has 0 atom stereocenters. The Morgan fingerprint density at radius 1 is 1.14 bits per heavy atom. The first kappa shape index (κ1) is 19.5. The van der Waals surface area contributed by atoms with Crippen LogP contribution in [0.5, 0.6) is 5.75 Å². The highest BCUT2D eigenvalue weighted by Gasteiger charge is 2.28. The number of hydrogen-bond acceptors (Lipinski definition) is 7. The summed E-state index contributed by atoms with van der Waals surface area (Å²) in [5.41, 5.74) is 1.13. The van der Waals surface area contributed by atoms with E-state index in [0.717, 1.165) is 10.6 Å². The Labute approximate surface area is 167 Å². The molecule has 1 aliphatic heterocycles. The van der Waals surface area contributed by atoms with Gasteiger partial charge in [0.2, 0.25) is 5.78 Å². The molecule has 0 saturated heterocycles. The van der Waals surface area contributed by atoms with Crippen LogP contribution in [0.25, 0.3) is 0 Å². The van der Waals surface area contributed by atoms with Crippen LogP contribution in [0.4, 0.5) is 5.69 Å². The molecular formula is C21H18N2O4S. The molecular weight excluding hydrogens is 376 g/mol. The molecule has 1 heterocycles. The third kappa shape index (κ3) is 3.87. The van der Waals surface area contributed by atoms with Gasteiger partial charge in [-0.1, -0.05) is 36.0 Å². The smallest absolute Gasteiger partial charge is 0.342 e. The van der Waals surface area contributed by atoms with Gasteiger partial charge in [0.15, 0.2) is 6.61 Å². The monoisotopic (exact) mass is 394 g/mol. The van der Waals surface area contributed by atoms with Crippen molar-refractivity contribution in [3.63, 3.8) is 0 Å². The molecule has 0 unspecified atom stereocenters. The molecule has 142 valence electrons. The summed E-state index contributed by atoms with van der Waals surface area (Å²) in [4.78, 5) is 27.7. The van der Waals surface area contributed by atoms with E-state index in [1.165, 1.54) is 11.8 Å². The second kappa shape index (κ2) is 8.63. The Bertz CT molecular complexity index is 994. The van der Waals surface area contributed by atoms with Gasteiger partial charge < -0.3 is 14.4 Å². The second-order valence-electron chi connectivity index (χ2n) is 5.85. The van der Waals surface area contributed by atoms with Crippen molar-refractivity contribution < 1.29 is 19.1 Å².